The van der Waals surface area contributed by atoms with Crippen LogP contribution in [0, 0.1) is 0 Å². The van der Waals surface area contributed by atoms with Crippen LogP contribution in [0.1, 0.15) is 28.8 Å². The first kappa shape index (κ1) is 15.3. The van der Waals surface area contributed by atoms with E-state index in [4.69, 9.17) is 9.84 Å². The summed E-state index contributed by atoms with van der Waals surface area (Å²) < 4.78 is 5.31. The number of hydrogen-bond donors (Lipinski definition) is 1. The van der Waals surface area contributed by atoms with Gasteiger partial charge in [0.25, 0.3) is 5.91 Å². The maximum Gasteiger partial charge on any atom is 0.328 e. The van der Waals surface area contributed by atoms with Crippen molar-refractivity contribution in [2.45, 2.75) is 18.9 Å². The minimum atomic E-state index is -1.01. The molecule has 1 aromatic rings. The van der Waals surface area contributed by atoms with E-state index in [1.807, 2.05) is 0 Å². The van der Waals surface area contributed by atoms with Crippen LogP contribution in [0.4, 0.5) is 0 Å². The third-order valence-corrected chi connectivity index (χ3v) is 3.61. The van der Waals surface area contributed by atoms with E-state index in [9.17, 15) is 9.59 Å². The monoisotopic (exact) mass is 289 g/mol. The van der Waals surface area contributed by atoms with E-state index in [-0.39, 0.29) is 11.9 Å². The van der Waals surface area contributed by atoms with Crippen molar-refractivity contribution in [3.8, 4) is 0 Å². The first-order valence-corrected chi connectivity index (χ1v) is 6.94. The number of carboxylic acid groups (broad SMARTS) is 1. The van der Waals surface area contributed by atoms with Gasteiger partial charge in [0.15, 0.2) is 0 Å². The summed E-state index contributed by atoms with van der Waals surface area (Å²) in [5, 5.41) is 8.64. The Kier molecular flexibility index (Phi) is 5.11. The van der Waals surface area contributed by atoms with Gasteiger partial charge in [-0.2, -0.15) is 0 Å². The maximum atomic E-state index is 12.5. The number of ether oxygens (including phenoxy) is 1. The number of aliphatic carboxylic acids is 1. The molecule has 2 rings (SSSR count). The number of carbonyl (C=O) groups excluding carboxylic acids is 1. The molecule has 0 aromatic heterocycles. The van der Waals surface area contributed by atoms with Crippen LogP contribution in [0.15, 0.2) is 30.3 Å². The van der Waals surface area contributed by atoms with E-state index in [1.165, 1.54) is 6.08 Å². The van der Waals surface area contributed by atoms with Crippen molar-refractivity contribution in [3.05, 3.63) is 41.5 Å². The van der Waals surface area contributed by atoms with Crippen molar-refractivity contribution in [1.29, 1.82) is 0 Å². The van der Waals surface area contributed by atoms with Crippen LogP contribution >= 0.6 is 0 Å². The Balaban J connectivity index is 2.11. The molecule has 1 aromatic carbocycles. The molecular formula is C16H19NO4. The van der Waals surface area contributed by atoms with Gasteiger partial charge in [0.1, 0.15) is 0 Å². The van der Waals surface area contributed by atoms with Gasteiger partial charge in [-0.3, -0.25) is 4.79 Å². The first-order chi connectivity index (χ1) is 10.1. The lowest BCUT2D eigenvalue weighted by molar-refractivity contribution is -0.131. The van der Waals surface area contributed by atoms with Gasteiger partial charge in [-0.25, -0.2) is 4.79 Å². The summed E-state index contributed by atoms with van der Waals surface area (Å²) in [6, 6.07) is 7.18. The van der Waals surface area contributed by atoms with Crippen LogP contribution in [0.2, 0.25) is 0 Å². The Morgan fingerprint density at radius 1 is 1.33 bits per heavy atom. The number of amides is 1. The molecule has 0 saturated carbocycles. The highest BCUT2D eigenvalue weighted by Gasteiger charge is 2.23. The van der Waals surface area contributed by atoms with E-state index < -0.39 is 5.97 Å². The molecule has 5 heteroatoms. The summed E-state index contributed by atoms with van der Waals surface area (Å²) in [5.74, 6) is -1.06. The molecule has 1 N–H and O–H groups in total. The molecule has 1 aliphatic heterocycles. The van der Waals surface area contributed by atoms with Crippen LogP contribution < -0.4 is 0 Å². The van der Waals surface area contributed by atoms with Gasteiger partial charge in [-0.15, -0.1) is 0 Å². The van der Waals surface area contributed by atoms with Gasteiger partial charge in [-0.1, -0.05) is 12.1 Å². The minimum absolute atomic E-state index is 0.0486. The number of rotatable bonds is 4. The molecule has 1 amide bonds. The predicted molar refractivity (Wildman–Crippen MR) is 79.0 cm³/mol. The maximum absolute atomic E-state index is 12.5. The molecule has 1 fully saturated rings. The van der Waals surface area contributed by atoms with Crippen molar-refractivity contribution in [1.82, 2.24) is 4.90 Å². The van der Waals surface area contributed by atoms with Crippen LogP contribution in [0.3, 0.4) is 0 Å². The highest BCUT2D eigenvalue weighted by Crippen LogP contribution is 2.16. The Labute approximate surface area is 123 Å². The van der Waals surface area contributed by atoms with Crippen LogP contribution in [0.25, 0.3) is 6.08 Å². The summed E-state index contributed by atoms with van der Waals surface area (Å²) in [6.45, 7) is 1.37. The molecule has 1 aliphatic rings. The summed E-state index contributed by atoms with van der Waals surface area (Å²) in [5.41, 5.74) is 1.26. The summed E-state index contributed by atoms with van der Waals surface area (Å²) in [7, 11) is 1.80. The third-order valence-electron chi connectivity index (χ3n) is 3.61. The number of hydrogen-bond acceptors (Lipinski definition) is 3. The highest BCUT2D eigenvalue weighted by molar-refractivity contribution is 5.95. The van der Waals surface area contributed by atoms with Gasteiger partial charge >= 0.3 is 5.97 Å². The van der Waals surface area contributed by atoms with E-state index >= 15 is 0 Å². The molecule has 21 heavy (non-hydrogen) atoms. The first-order valence-electron chi connectivity index (χ1n) is 6.94. The summed E-state index contributed by atoms with van der Waals surface area (Å²) in [6.07, 6.45) is 4.24. The molecule has 0 bridgehead atoms. The molecule has 1 heterocycles. The zero-order chi connectivity index (χ0) is 15.2. The molecule has 1 saturated heterocycles. The fourth-order valence-corrected chi connectivity index (χ4v) is 2.38. The second kappa shape index (κ2) is 7.04. The highest BCUT2D eigenvalue weighted by atomic mass is 16.5. The van der Waals surface area contributed by atoms with Gasteiger partial charge < -0.3 is 14.7 Å². The molecule has 0 aliphatic carbocycles. The molecule has 0 atom stereocenters. The normalized spacial score (nSPS) is 16.0. The van der Waals surface area contributed by atoms with E-state index in [0.717, 1.165) is 18.9 Å². The summed E-state index contributed by atoms with van der Waals surface area (Å²) in [4.78, 5) is 24.8. The number of nitrogens with zero attached hydrogens (tertiary/aromatic N) is 1. The quantitative estimate of drug-likeness (QED) is 0.861. The van der Waals surface area contributed by atoms with Gasteiger partial charge in [-0.05, 0) is 36.6 Å². The lowest BCUT2D eigenvalue weighted by Crippen LogP contribution is -2.40. The summed E-state index contributed by atoms with van der Waals surface area (Å²) >= 11 is 0. The van der Waals surface area contributed by atoms with Gasteiger partial charge in [0.2, 0.25) is 0 Å². The van der Waals surface area contributed by atoms with Crippen molar-refractivity contribution >= 4 is 18.0 Å². The fourth-order valence-electron chi connectivity index (χ4n) is 2.38. The van der Waals surface area contributed by atoms with Crippen molar-refractivity contribution in [3.63, 3.8) is 0 Å². The fraction of sp³-hybridized carbons (Fsp3) is 0.375. The Bertz CT molecular complexity index is 547. The Morgan fingerprint density at radius 2 is 2.05 bits per heavy atom. The second-order valence-electron chi connectivity index (χ2n) is 5.06. The molecule has 5 nitrogen and oxygen atoms in total. The topological polar surface area (TPSA) is 66.8 Å². The molecule has 0 spiro atoms. The SMILES string of the molecule is CN(C(=O)c1cccc(C=CC(=O)O)c1)C1CCOCC1. The average Bonchev–Trinajstić information content (AvgIpc) is 2.52. The number of carboxylic acids is 1. The minimum Gasteiger partial charge on any atom is -0.478 e. The molecule has 0 radical (unpaired) electrons. The van der Waals surface area contributed by atoms with E-state index in [2.05, 4.69) is 0 Å². The van der Waals surface area contributed by atoms with Crippen LogP contribution in [0.5, 0.6) is 0 Å². The Morgan fingerprint density at radius 3 is 2.71 bits per heavy atom. The van der Waals surface area contributed by atoms with E-state index in [0.29, 0.717) is 24.3 Å². The largest absolute Gasteiger partial charge is 0.478 e. The Hall–Kier alpha value is -2.14. The standard InChI is InChI=1S/C16H19NO4/c1-17(14-7-9-21-10-8-14)16(20)13-4-2-3-12(11-13)5-6-15(18)19/h2-6,11,14H,7-10H2,1H3,(H,18,19). The van der Waals surface area contributed by atoms with Gasteiger partial charge in [0, 0.05) is 37.9 Å². The van der Waals surface area contributed by atoms with E-state index in [1.54, 1.807) is 36.2 Å². The lowest BCUT2D eigenvalue weighted by Gasteiger charge is -2.31. The lowest BCUT2D eigenvalue weighted by atomic mass is 10.0. The molecular weight excluding hydrogens is 270 g/mol. The van der Waals surface area contributed by atoms with Crippen molar-refractivity contribution in [2.75, 3.05) is 20.3 Å². The number of benzene rings is 1. The number of carbonyl (C=O) groups is 2. The zero-order valence-electron chi connectivity index (χ0n) is 12.0. The van der Waals surface area contributed by atoms with Crippen molar-refractivity contribution < 1.29 is 19.4 Å². The predicted octanol–water partition coefficient (Wildman–Crippen LogP) is 2.04. The van der Waals surface area contributed by atoms with Crippen molar-refractivity contribution in [2.24, 2.45) is 0 Å². The van der Waals surface area contributed by atoms with Crippen LogP contribution in [-0.4, -0.2) is 48.2 Å². The molecule has 112 valence electrons. The van der Waals surface area contributed by atoms with Crippen LogP contribution in [-0.2, 0) is 9.53 Å². The molecule has 0 unspecified atom stereocenters. The zero-order valence-corrected chi connectivity index (χ0v) is 12.0. The third kappa shape index (κ3) is 4.16. The smallest absolute Gasteiger partial charge is 0.328 e. The second-order valence-corrected chi connectivity index (χ2v) is 5.06. The van der Waals surface area contributed by atoms with Gasteiger partial charge in [0.05, 0.1) is 0 Å². The average molecular weight is 289 g/mol.